The summed E-state index contributed by atoms with van der Waals surface area (Å²) in [6, 6.07) is 3.97. The van der Waals surface area contributed by atoms with Crippen molar-refractivity contribution in [1.29, 1.82) is 0 Å². The number of hydrogen-bond acceptors (Lipinski definition) is 3. The largest absolute Gasteiger partial charge is 0.385 e. The van der Waals surface area contributed by atoms with Gasteiger partial charge in [-0.15, -0.1) is 0 Å². The van der Waals surface area contributed by atoms with Gasteiger partial charge in [0.25, 0.3) is 0 Å². The Morgan fingerprint density at radius 2 is 2.31 bits per heavy atom. The van der Waals surface area contributed by atoms with Crippen LogP contribution >= 0.6 is 0 Å². The van der Waals surface area contributed by atoms with Crippen LogP contribution in [-0.2, 0) is 11.3 Å². The molecule has 0 fully saturated rings. The number of anilines is 1. The number of ether oxygens (including phenoxy) is 1. The Morgan fingerprint density at radius 3 is 3.00 bits per heavy atom. The molecule has 0 amide bonds. The topological polar surface area (TPSA) is 34.2 Å². The Hall–Kier alpha value is -1.09. The van der Waals surface area contributed by atoms with E-state index in [1.165, 1.54) is 0 Å². The number of aromatic nitrogens is 1. The Bertz CT molecular complexity index is 250. The van der Waals surface area contributed by atoms with Gasteiger partial charge in [-0.25, -0.2) is 0 Å². The molecule has 3 heteroatoms. The van der Waals surface area contributed by atoms with E-state index in [9.17, 15) is 0 Å². The smallest absolute Gasteiger partial charge is 0.0888 e. The van der Waals surface area contributed by atoms with Gasteiger partial charge in [0, 0.05) is 25.0 Å². The van der Waals surface area contributed by atoms with Crippen LogP contribution in [0, 0.1) is 0 Å². The third-order valence-corrected chi connectivity index (χ3v) is 1.65. The summed E-state index contributed by atoms with van der Waals surface area (Å²) >= 11 is 0. The molecule has 0 aliphatic rings. The van der Waals surface area contributed by atoms with Gasteiger partial charge in [-0.2, -0.15) is 0 Å². The molecule has 0 unspecified atom stereocenters. The molecule has 1 N–H and O–H groups in total. The molecule has 0 saturated heterocycles. The highest BCUT2D eigenvalue weighted by Gasteiger charge is 1.95. The molecule has 0 atom stereocenters. The number of nitrogens with one attached hydrogen (secondary N) is 1. The SMILES string of the molecule is CCNc1ccnc(COCC)c1. The lowest BCUT2D eigenvalue weighted by molar-refractivity contribution is 0.131. The van der Waals surface area contributed by atoms with E-state index in [4.69, 9.17) is 4.74 Å². The molecular weight excluding hydrogens is 164 g/mol. The van der Waals surface area contributed by atoms with Crippen LogP contribution in [-0.4, -0.2) is 18.1 Å². The van der Waals surface area contributed by atoms with Crippen molar-refractivity contribution in [3.05, 3.63) is 24.0 Å². The summed E-state index contributed by atoms with van der Waals surface area (Å²) in [4.78, 5) is 4.19. The third kappa shape index (κ3) is 3.42. The molecule has 3 nitrogen and oxygen atoms in total. The quantitative estimate of drug-likeness (QED) is 0.753. The summed E-state index contributed by atoms with van der Waals surface area (Å²) in [7, 11) is 0. The molecule has 0 radical (unpaired) electrons. The highest BCUT2D eigenvalue weighted by Crippen LogP contribution is 2.08. The summed E-state index contributed by atoms with van der Waals surface area (Å²) in [6.45, 7) is 6.30. The summed E-state index contributed by atoms with van der Waals surface area (Å²) < 4.78 is 5.26. The van der Waals surface area contributed by atoms with Crippen molar-refractivity contribution in [3.63, 3.8) is 0 Å². The van der Waals surface area contributed by atoms with Crippen molar-refractivity contribution < 1.29 is 4.74 Å². The minimum Gasteiger partial charge on any atom is -0.385 e. The van der Waals surface area contributed by atoms with Crippen LogP contribution in [0.4, 0.5) is 5.69 Å². The summed E-state index contributed by atoms with van der Waals surface area (Å²) in [5.41, 5.74) is 2.08. The van der Waals surface area contributed by atoms with E-state index in [0.29, 0.717) is 6.61 Å². The van der Waals surface area contributed by atoms with Gasteiger partial charge < -0.3 is 10.1 Å². The first-order valence-corrected chi connectivity index (χ1v) is 4.63. The molecule has 72 valence electrons. The highest BCUT2D eigenvalue weighted by molar-refractivity contribution is 5.42. The molecule has 0 aliphatic heterocycles. The number of nitrogens with zero attached hydrogens (tertiary/aromatic N) is 1. The monoisotopic (exact) mass is 180 g/mol. The van der Waals surface area contributed by atoms with Crippen LogP contribution < -0.4 is 5.32 Å². The van der Waals surface area contributed by atoms with Gasteiger partial charge >= 0.3 is 0 Å². The summed E-state index contributed by atoms with van der Waals surface area (Å²) in [5.74, 6) is 0. The molecular formula is C10H16N2O. The predicted molar refractivity (Wildman–Crippen MR) is 53.7 cm³/mol. The normalized spacial score (nSPS) is 10.0. The molecule has 0 aromatic carbocycles. The van der Waals surface area contributed by atoms with Crippen LogP contribution in [0.3, 0.4) is 0 Å². The van der Waals surface area contributed by atoms with Gasteiger partial charge in [0.1, 0.15) is 0 Å². The van der Waals surface area contributed by atoms with Crippen molar-refractivity contribution in [2.45, 2.75) is 20.5 Å². The summed E-state index contributed by atoms with van der Waals surface area (Å²) in [5, 5.41) is 3.23. The Balaban J connectivity index is 2.56. The van der Waals surface area contributed by atoms with E-state index >= 15 is 0 Å². The maximum absolute atomic E-state index is 5.26. The average molecular weight is 180 g/mol. The Kier molecular flexibility index (Phi) is 4.26. The second-order valence-corrected chi connectivity index (χ2v) is 2.70. The number of hydrogen-bond donors (Lipinski definition) is 1. The fraction of sp³-hybridized carbons (Fsp3) is 0.500. The standard InChI is InChI=1S/C10H16N2O/c1-3-11-9-5-6-12-10(7-9)8-13-4-2/h5-7H,3-4,8H2,1-2H3,(H,11,12). The lowest BCUT2D eigenvalue weighted by Crippen LogP contribution is -2.00. The van der Waals surface area contributed by atoms with Crippen LogP contribution in [0.1, 0.15) is 19.5 Å². The van der Waals surface area contributed by atoms with Crippen molar-refractivity contribution >= 4 is 5.69 Å². The lowest BCUT2D eigenvalue weighted by atomic mass is 10.3. The molecule has 0 spiro atoms. The van der Waals surface area contributed by atoms with E-state index in [1.54, 1.807) is 6.20 Å². The van der Waals surface area contributed by atoms with Crippen LogP contribution in [0.2, 0.25) is 0 Å². The predicted octanol–water partition coefficient (Wildman–Crippen LogP) is 2.05. The minimum atomic E-state index is 0.593. The number of pyridine rings is 1. The zero-order chi connectivity index (χ0) is 9.52. The van der Waals surface area contributed by atoms with Crippen molar-refractivity contribution in [2.24, 2.45) is 0 Å². The molecule has 1 aromatic rings. The van der Waals surface area contributed by atoms with Gasteiger partial charge in [-0.3, -0.25) is 4.98 Å². The van der Waals surface area contributed by atoms with Gasteiger partial charge in [0.2, 0.25) is 0 Å². The minimum absolute atomic E-state index is 0.593. The molecule has 13 heavy (non-hydrogen) atoms. The van der Waals surface area contributed by atoms with Crippen LogP contribution in [0.5, 0.6) is 0 Å². The van der Waals surface area contributed by atoms with Crippen molar-refractivity contribution in [3.8, 4) is 0 Å². The number of rotatable bonds is 5. The molecule has 0 saturated carbocycles. The molecule has 1 heterocycles. The van der Waals surface area contributed by atoms with Gasteiger partial charge in [0.15, 0.2) is 0 Å². The van der Waals surface area contributed by atoms with Crippen molar-refractivity contribution in [1.82, 2.24) is 4.98 Å². The Morgan fingerprint density at radius 1 is 1.46 bits per heavy atom. The maximum Gasteiger partial charge on any atom is 0.0888 e. The zero-order valence-electron chi connectivity index (χ0n) is 8.21. The first kappa shape index (κ1) is 9.99. The maximum atomic E-state index is 5.26. The van der Waals surface area contributed by atoms with Gasteiger partial charge in [0.05, 0.1) is 12.3 Å². The molecule has 0 aliphatic carbocycles. The van der Waals surface area contributed by atoms with Crippen LogP contribution in [0.15, 0.2) is 18.3 Å². The first-order valence-electron chi connectivity index (χ1n) is 4.63. The molecule has 0 bridgehead atoms. The van der Waals surface area contributed by atoms with E-state index < -0.39 is 0 Å². The zero-order valence-corrected chi connectivity index (χ0v) is 8.21. The van der Waals surface area contributed by atoms with E-state index in [1.807, 2.05) is 19.1 Å². The van der Waals surface area contributed by atoms with E-state index in [0.717, 1.165) is 24.5 Å². The lowest BCUT2D eigenvalue weighted by Gasteiger charge is -2.05. The van der Waals surface area contributed by atoms with Crippen LogP contribution in [0.25, 0.3) is 0 Å². The fourth-order valence-electron chi connectivity index (χ4n) is 1.08. The Labute approximate surface area is 79.1 Å². The first-order chi connectivity index (χ1) is 6.36. The summed E-state index contributed by atoms with van der Waals surface area (Å²) in [6.07, 6.45) is 1.80. The van der Waals surface area contributed by atoms with Gasteiger partial charge in [-0.1, -0.05) is 0 Å². The molecule has 1 aromatic heterocycles. The van der Waals surface area contributed by atoms with Crippen molar-refractivity contribution in [2.75, 3.05) is 18.5 Å². The van der Waals surface area contributed by atoms with E-state index in [2.05, 4.69) is 17.2 Å². The van der Waals surface area contributed by atoms with Gasteiger partial charge in [-0.05, 0) is 26.0 Å². The fourth-order valence-corrected chi connectivity index (χ4v) is 1.08. The third-order valence-electron chi connectivity index (χ3n) is 1.65. The second kappa shape index (κ2) is 5.54. The highest BCUT2D eigenvalue weighted by atomic mass is 16.5. The molecule has 1 rings (SSSR count). The average Bonchev–Trinajstić information content (AvgIpc) is 2.16. The van der Waals surface area contributed by atoms with E-state index in [-0.39, 0.29) is 0 Å². The second-order valence-electron chi connectivity index (χ2n) is 2.70.